The Morgan fingerprint density at radius 3 is 2.46 bits per heavy atom. The van der Waals surface area contributed by atoms with E-state index in [0.717, 1.165) is 38.8 Å². The fourth-order valence-corrected chi connectivity index (χ4v) is 3.96. The molecular formula is C21H28FN3O3. The number of piperidine rings is 2. The summed E-state index contributed by atoms with van der Waals surface area (Å²) in [4.78, 5) is 40.9. The number of nitrogens with zero attached hydrogens (tertiary/aromatic N) is 2. The van der Waals surface area contributed by atoms with Gasteiger partial charge in [0, 0.05) is 39.1 Å². The predicted octanol–water partition coefficient (Wildman–Crippen LogP) is 2.20. The van der Waals surface area contributed by atoms with Crippen molar-refractivity contribution in [3.8, 4) is 0 Å². The molecule has 2 aliphatic heterocycles. The average molecular weight is 389 g/mol. The van der Waals surface area contributed by atoms with E-state index >= 15 is 0 Å². The molecule has 0 saturated carbocycles. The smallest absolute Gasteiger partial charge is 0.254 e. The number of amides is 3. The lowest BCUT2D eigenvalue weighted by Crippen LogP contribution is -2.48. The number of rotatable bonds is 5. The molecule has 0 radical (unpaired) electrons. The van der Waals surface area contributed by atoms with Crippen molar-refractivity contribution in [3.05, 3.63) is 35.6 Å². The Hall–Kier alpha value is -2.44. The first-order valence-corrected chi connectivity index (χ1v) is 10.2. The Morgan fingerprint density at radius 2 is 1.71 bits per heavy atom. The summed E-state index contributed by atoms with van der Waals surface area (Å²) in [7, 11) is 0. The Labute approximate surface area is 165 Å². The van der Waals surface area contributed by atoms with Gasteiger partial charge >= 0.3 is 0 Å². The summed E-state index contributed by atoms with van der Waals surface area (Å²) in [6.07, 6.45) is 5.08. The molecule has 1 atom stereocenters. The Morgan fingerprint density at radius 1 is 1.00 bits per heavy atom. The third kappa shape index (κ3) is 5.09. The summed E-state index contributed by atoms with van der Waals surface area (Å²) in [6.45, 7) is 2.89. The van der Waals surface area contributed by atoms with Crippen LogP contribution in [0.5, 0.6) is 0 Å². The summed E-state index contributed by atoms with van der Waals surface area (Å²) >= 11 is 0. The van der Waals surface area contributed by atoms with Crippen molar-refractivity contribution in [1.29, 1.82) is 0 Å². The molecule has 1 N–H and O–H groups in total. The van der Waals surface area contributed by atoms with Gasteiger partial charge in [0.15, 0.2) is 0 Å². The zero-order valence-electron chi connectivity index (χ0n) is 16.2. The van der Waals surface area contributed by atoms with E-state index in [1.165, 1.54) is 24.6 Å². The predicted molar refractivity (Wildman–Crippen MR) is 103 cm³/mol. The number of hydrogen-bond donors (Lipinski definition) is 1. The first-order chi connectivity index (χ1) is 13.6. The Kier molecular flexibility index (Phi) is 7.01. The van der Waals surface area contributed by atoms with Gasteiger partial charge in [-0.15, -0.1) is 0 Å². The minimum Gasteiger partial charge on any atom is -0.351 e. The van der Waals surface area contributed by atoms with E-state index in [1.807, 2.05) is 4.90 Å². The molecule has 28 heavy (non-hydrogen) atoms. The highest BCUT2D eigenvalue weighted by Gasteiger charge is 2.31. The molecule has 2 aliphatic rings. The second-order valence-electron chi connectivity index (χ2n) is 7.55. The van der Waals surface area contributed by atoms with Crippen LogP contribution in [0.25, 0.3) is 0 Å². The van der Waals surface area contributed by atoms with Gasteiger partial charge in [-0.05, 0) is 44.2 Å². The lowest BCUT2D eigenvalue weighted by atomic mass is 9.95. The highest BCUT2D eigenvalue weighted by atomic mass is 19.1. The van der Waals surface area contributed by atoms with Crippen LogP contribution >= 0.6 is 0 Å². The molecule has 1 aromatic carbocycles. The second kappa shape index (κ2) is 9.66. The molecule has 0 aromatic heterocycles. The standard InChI is InChI=1S/C21H28FN3O3/c22-18-9-3-2-8-17(18)20(27)23-11-10-19(26)25-14-6-7-16(15-25)21(28)24-12-4-1-5-13-24/h2-3,8-9,16H,1,4-7,10-15H2,(H,23,27). The highest BCUT2D eigenvalue weighted by molar-refractivity contribution is 5.94. The van der Waals surface area contributed by atoms with Gasteiger partial charge in [-0.1, -0.05) is 12.1 Å². The van der Waals surface area contributed by atoms with E-state index in [2.05, 4.69) is 5.32 Å². The largest absolute Gasteiger partial charge is 0.351 e. The van der Waals surface area contributed by atoms with Crippen molar-refractivity contribution in [3.63, 3.8) is 0 Å². The molecule has 7 heteroatoms. The van der Waals surface area contributed by atoms with Crippen molar-refractivity contribution in [2.45, 2.75) is 38.5 Å². The average Bonchev–Trinajstić information content (AvgIpc) is 2.74. The topological polar surface area (TPSA) is 69.7 Å². The fourth-order valence-electron chi connectivity index (χ4n) is 3.96. The van der Waals surface area contributed by atoms with Crippen molar-refractivity contribution in [2.24, 2.45) is 5.92 Å². The van der Waals surface area contributed by atoms with E-state index in [4.69, 9.17) is 0 Å². The SMILES string of the molecule is O=C(NCCC(=O)N1CCCC(C(=O)N2CCCCC2)C1)c1ccccc1F. The molecule has 152 valence electrons. The zero-order chi connectivity index (χ0) is 19.9. The third-order valence-electron chi connectivity index (χ3n) is 5.53. The third-order valence-corrected chi connectivity index (χ3v) is 5.53. The van der Waals surface area contributed by atoms with Gasteiger partial charge in [-0.3, -0.25) is 14.4 Å². The van der Waals surface area contributed by atoms with Gasteiger partial charge in [0.25, 0.3) is 5.91 Å². The van der Waals surface area contributed by atoms with E-state index in [9.17, 15) is 18.8 Å². The molecule has 6 nitrogen and oxygen atoms in total. The quantitative estimate of drug-likeness (QED) is 0.839. The Bertz CT molecular complexity index is 719. The number of carbonyl (C=O) groups excluding carboxylic acids is 3. The van der Waals surface area contributed by atoms with Gasteiger partial charge in [-0.2, -0.15) is 0 Å². The molecule has 0 bridgehead atoms. The van der Waals surface area contributed by atoms with Crippen LogP contribution in [0.15, 0.2) is 24.3 Å². The Balaban J connectivity index is 1.45. The summed E-state index contributed by atoms with van der Waals surface area (Å²) in [5.74, 6) is -1.14. The molecule has 3 rings (SSSR count). The monoisotopic (exact) mass is 389 g/mol. The second-order valence-corrected chi connectivity index (χ2v) is 7.55. The normalized spacial score (nSPS) is 20.0. The minimum absolute atomic E-state index is 0.0277. The van der Waals surface area contributed by atoms with Gasteiger partial charge in [0.05, 0.1) is 11.5 Å². The number of likely N-dealkylation sites (tertiary alicyclic amines) is 2. The van der Waals surface area contributed by atoms with E-state index < -0.39 is 11.7 Å². The molecule has 3 amide bonds. The summed E-state index contributed by atoms with van der Waals surface area (Å²) in [5, 5.41) is 2.59. The highest BCUT2D eigenvalue weighted by Crippen LogP contribution is 2.21. The lowest BCUT2D eigenvalue weighted by molar-refractivity contribution is -0.141. The maximum absolute atomic E-state index is 13.6. The van der Waals surface area contributed by atoms with Crippen LogP contribution < -0.4 is 5.32 Å². The fraction of sp³-hybridized carbons (Fsp3) is 0.571. The molecule has 1 unspecified atom stereocenters. The first kappa shape index (κ1) is 20.3. The van der Waals surface area contributed by atoms with Crippen molar-refractivity contribution < 1.29 is 18.8 Å². The molecule has 1 aromatic rings. The number of hydrogen-bond acceptors (Lipinski definition) is 3. The summed E-state index contributed by atoms with van der Waals surface area (Å²) in [5.41, 5.74) is -0.0277. The molecule has 0 spiro atoms. The molecule has 2 heterocycles. The van der Waals surface area contributed by atoms with Crippen LogP contribution in [0.1, 0.15) is 48.9 Å². The van der Waals surface area contributed by atoms with E-state index in [1.54, 1.807) is 11.0 Å². The van der Waals surface area contributed by atoms with E-state index in [-0.39, 0.29) is 36.3 Å². The number of nitrogens with one attached hydrogen (secondary N) is 1. The van der Waals surface area contributed by atoms with Crippen LogP contribution in [0.3, 0.4) is 0 Å². The zero-order valence-corrected chi connectivity index (χ0v) is 16.2. The minimum atomic E-state index is -0.582. The van der Waals surface area contributed by atoms with Crippen molar-refractivity contribution >= 4 is 17.7 Å². The van der Waals surface area contributed by atoms with Crippen LogP contribution in [-0.2, 0) is 9.59 Å². The van der Waals surface area contributed by atoms with Gasteiger partial charge in [-0.25, -0.2) is 4.39 Å². The molecular weight excluding hydrogens is 361 g/mol. The number of halogens is 1. The number of benzene rings is 1. The van der Waals surface area contributed by atoms with Crippen molar-refractivity contribution in [2.75, 3.05) is 32.7 Å². The van der Waals surface area contributed by atoms with Crippen LogP contribution in [0.4, 0.5) is 4.39 Å². The van der Waals surface area contributed by atoms with Gasteiger partial charge in [0.2, 0.25) is 11.8 Å². The van der Waals surface area contributed by atoms with Gasteiger partial charge < -0.3 is 15.1 Å². The summed E-state index contributed by atoms with van der Waals surface area (Å²) in [6, 6.07) is 5.76. The summed E-state index contributed by atoms with van der Waals surface area (Å²) < 4.78 is 13.6. The van der Waals surface area contributed by atoms with Crippen molar-refractivity contribution in [1.82, 2.24) is 15.1 Å². The molecule has 2 fully saturated rings. The molecule has 0 aliphatic carbocycles. The van der Waals surface area contributed by atoms with Gasteiger partial charge in [0.1, 0.15) is 5.82 Å². The van der Waals surface area contributed by atoms with Crippen LogP contribution in [0, 0.1) is 11.7 Å². The lowest BCUT2D eigenvalue weighted by Gasteiger charge is -2.36. The maximum Gasteiger partial charge on any atom is 0.254 e. The number of carbonyl (C=O) groups is 3. The van der Waals surface area contributed by atoms with Crippen LogP contribution in [0.2, 0.25) is 0 Å². The van der Waals surface area contributed by atoms with E-state index in [0.29, 0.717) is 13.1 Å². The molecule has 2 saturated heterocycles. The first-order valence-electron chi connectivity index (χ1n) is 10.2. The maximum atomic E-state index is 13.6. The van der Waals surface area contributed by atoms with Crippen LogP contribution in [-0.4, -0.2) is 60.2 Å².